The van der Waals surface area contributed by atoms with E-state index in [0.717, 1.165) is 40.7 Å². The molecule has 0 aliphatic heterocycles. The Morgan fingerprint density at radius 1 is 0.923 bits per heavy atom. The molecule has 0 radical (unpaired) electrons. The summed E-state index contributed by atoms with van der Waals surface area (Å²) in [5.41, 5.74) is 5.24. The van der Waals surface area contributed by atoms with Crippen LogP contribution in [0.5, 0.6) is 5.75 Å². The average molecular weight is 552 g/mol. The Bertz CT molecular complexity index is 1300. The van der Waals surface area contributed by atoms with Crippen molar-refractivity contribution in [2.24, 2.45) is 0 Å². The summed E-state index contributed by atoms with van der Waals surface area (Å²) in [6, 6.07) is 22.0. The Morgan fingerprint density at radius 2 is 1.54 bits per heavy atom. The molecule has 2 atom stereocenters. The lowest BCUT2D eigenvalue weighted by Crippen LogP contribution is -2.44. The molecule has 0 fully saturated rings. The minimum atomic E-state index is -3.19. The molecular weight excluding hydrogens is 517 g/mol. The predicted octanol–water partition coefficient (Wildman–Crippen LogP) is 6.33. The number of carbonyl (C=O) groups is 2. The molecule has 9 heteroatoms. The van der Waals surface area contributed by atoms with Gasteiger partial charge in [-0.3, -0.25) is 0 Å². The summed E-state index contributed by atoms with van der Waals surface area (Å²) in [4.78, 5) is 25.8. The Morgan fingerprint density at radius 3 is 2.13 bits per heavy atom. The van der Waals surface area contributed by atoms with E-state index in [1.165, 1.54) is 13.8 Å². The number of rotatable bonds is 12. The average Bonchev–Trinajstić information content (AvgIpc) is 3.26. The van der Waals surface area contributed by atoms with Gasteiger partial charge in [0.05, 0.1) is 6.61 Å². The number of benzene rings is 3. The number of hydrogen-bond donors (Lipinski definition) is 1. The SMILES string of the molecule is CCCCOC(=O)[C@H](Cc1ccc(OP(C)(=O)OC)cc1)NC(=O)OCC1c2ccccc2-c2ccccc21. The van der Waals surface area contributed by atoms with Crippen LogP contribution < -0.4 is 9.84 Å². The van der Waals surface area contributed by atoms with Gasteiger partial charge >= 0.3 is 19.7 Å². The van der Waals surface area contributed by atoms with Crippen molar-refractivity contribution in [2.45, 2.75) is 38.1 Å². The lowest BCUT2D eigenvalue weighted by molar-refractivity contribution is -0.146. The molecule has 3 aromatic carbocycles. The van der Waals surface area contributed by atoms with Gasteiger partial charge in [0, 0.05) is 26.1 Å². The summed E-state index contributed by atoms with van der Waals surface area (Å²) in [5.74, 6) is -0.250. The summed E-state index contributed by atoms with van der Waals surface area (Å²) >= 11 is 0. The lowest BCUT2D eigenvalue weighted by Gasteiger charge is -2.19. The minimum absolute atomic E-state index is 0.0905. The van der Waals surface area contributed by atoms with Gasteiger partial charge in [0.2, 0.25) is 0 Å². The maximum atomic E-state index is 12.9. The van der Waals surface area contributed by atoms with E-state index in [9.17, 15) is 14.2 Å². The van der Waals surface area contributed by atoms with Gasteiger partial charge in [0.1, 0.15) is 18.4 Å². The maximum absolute atomic E-state index is 12.9. The zero-order valence-corrected chi connectivity index (χ0v) is 23.3. The van der Waals surface area contributed by atoms with Crippen molar-refractivity contribution in [1.82, 2.24) is 5.32 Å². The smallest absolute Gasteiger partial charge is 0.407 e. The number of unbranched alkanes of at least 4 members (excludes halogenated alkanes) is 1. The molecule has 0 heterocycles. The molecule has 1 aliphatic carbocycles. The van der Waals surface area contributed by atoms with Crippen molar-refractivity contribution in [3.63, 3.8) is 0 Å². The van der Waals surface area contributed by atoms with E-state index in [2.05, 4.69) is 17.4 Å². The first-order chi connectivity index (χ1) is 18.8. The molecule has 1 amide bonds. The molecule has 8 nitrogen and oxygen atoms in total. The third kappa shape index (κ3) is 7.28. The quantitative estimate of drug-likeness (QED) is 0.160. The van der Waals surface area contributed by atoms with E-state index in [4.69, 9.17) is 18.5 Å². The summed E-state index contributed by atoms with van der Waals surface area (Å²) in [5, 5.41) is 2.69. The highest BCUT2D eigenvalue weighted by Gasteiger charge is 2.30. The van der Waals surface area contributed by atoms with Crippen molar-refractivity contribution >= 4 is 19.7 Å². The number of ether oxygens (including phenoxy) is 2. The van der Waals surface area contributed by atoms with Gasteiger partial charge in [-0.15, -0.1) is 0 Å². The number of nitrogens with one attached hydrogen (secondary N) is 1. The maximum Gasteiger partial charge on any atom is 0.407 e. The van der Waals surface area contributed by atoms with Crippen LogP contribution in [-0.2, 0) is 29.8 Å². The number of hydrogen-bond acceptors (Lipinski definition) is 7. The number of esters is 1. The first-order valence-corrected chi connectivity index (χ1v) is 15.0. The summed E-state index contributed by atoms with van der Waals surface area (Å²) in [7, 11) is -1.88. The van der Waals surface area contributed by atoms with Crippen LogP contribution in [0, 0.1) is 0 Å². The summed E-state index contributed by atoms with van der Waals surface area (Å²) < 4.78 is 33.4. The number of carbonyl (C=O) groups excluding carboxylic acids is 2. The second kappa shape index (κ2) is 13.0. The first kappa shape index (κ1) is 28.4. The van der Waals surface area contributed by atoms with E-state index in [1.54, 1.807) is 24.3 Å². The van der Waals surface area contributed by atoms with E-state index in [-0.39, 0.29) is 25.6 Å². The highest BCUT2D eigenvalue weighted by atomic mass is 31.2. The molecule has 0 aromatic heterocycles. The van der Waals surface area contributed by atoms with Crippen LogP contribution in [0.2, 0.25) is 0 Å². The summed E-state index contributed by atoms with van der Waals surface area (Å²) in [6.07, 6.45) is 1.10. The molecule has 4 rings (SSSR count). The topological polar surface area (TPSA) is 100 Å². The summed E-state index contributed by atoms with van der Waals surface area (Å²) in [6.45, 7) is 3.79. The van der Waals surface area contributed by atoms with E-state index >= 15 is 0 Å². The van der Waals surface area contributed by atoms with Gasteiger partial charge in [0.25, 0.3) is 0 Å². The van der Waals surface area contributed by atoms with Gasteiger partial charge in [0.15, 0.2) is 0 Å². The zero-order chi connectivity index (χ0) is 27.8. The third-order valence-electron chi connectivity index (χ3n) is 6.63. The Labute approximate surface area is 229 Å². The number of alkyl carbamates (subject to hydrolysis) is 1. The van der Waals surface area contributed by atoms with Crippen molar-refractivity contribution in [1.29, 1.82) is 0 Å². The molecular formula is C30H34NO7P. The van der Waals surface area contributed by atoms with Gasteiger partial charge in [-0.2, -0.15) is 0 Å². The largest absolute Gasteiger partial charge is 0.464 e. The number of amides is 1. The van der Waals surface area contributed by atoms with Gasteiger partial charge in [-0.25, -0.2) is 14.2 Å². The van der Waals surface area contributed by atoms with Gasteiger partial charge in [-0.05, 0) is 46.4 Å². The Balaban J connectivity index is 1.42. The molecule has 0 saturated heterocycles. The Hall–Kier alpha value is -3.61. The first-order valence-electron chi connectivity index (χ1n) is 13.0. The molecule has 206 valence electrons. The van der Waals surface area contributed by atoms with Crippen LogP contribution in [0.1, 0.15) is 42.4 Å². The fourth-order valence-corrected chi connectivity index (χ4v) is 5.12. The molecule has 39 heavy (non-hydrogen) atoms. The molecule has 3 aromatic rings. The standard InChI is InChI=1S/C30H34NO7P/c1-4-5-18-36-29(32)28(19-21-14-16-22(17-15-21)38-39(3,34)35-2)31-30(33)37-20-27-25-12-8-6-10-23(25)24-11-7-9-13-26(24)27/h6-17,27-28H,4-5,18-20H2,1-3H3,(H,31,33)/t28-,39?/m0/s1. The number of fused-ring (bicyclic) bond motifs is 3. The molecule has 1 N–H and O–H groups in total. The monoisotopic (exact) mass is 551 g/mol. The highest BCUT2D eigenvalue weighted by molar-refractivity contribution is 7.53. The van der Waals surface area contributed by atoms with Crippen LogP contribution in [0.25, 0.3) is 11.1 Å². The van der Waals surface area contributed by atoms with Crippen molar-refractivity contribution in [3.05, 3.63) is 89.5 Å². The molecule has 0 spiro atoms. The van der Waals surface area contributed by atoms with Crippen LogP contribution in [0.15, 0.2) is 72.8 Å². The minimum Gasteiger partial charge on any atom is -0.464 e. The van der Waals surface area contributed by atoms with E-state index < -0.39 is 25.7 Å². The normalized spacial score (nSPS) is 14.4. The second-order valence-corrected chi connectivity index (χ2v) is 11.5. The second-order valence-electron chi connectivity index (χ2n) is 9.44. The van der Waals surface area contributed by atoms with Crippen LogP contribution in [0.4, 0.5) is 4.79 Å². The van der Waals surface area contributed by atoms with Crippen LogP contribution in [0.3, 0.4) is 0 Å². The van der Waals surface area contributed by atoms with Crippen LogP contribution >= 0.6 is 7.60 Å². The van der Waals surface area contributed by atoms with E-state index in [0.29, 0.717) is 5.75 Å². The Kier molecular flexibility index (Phi) is 9.44. The van der Waals surface area contributed by atoms with Crippen molar-refractivity contribution in [3.8, 4) is 16.9 Å². The highest BCUT2D eigenvalue weighted by Crippen LogP contribution is 2.45. The molecule has 1 unspecified atom stereocenters. The van der Waals surface area contributed by atoms with Gasteiger partial charge in [-0.1, -0.05) is 74.0 Å². The fourth-order valence-electron chi connectivity index (χ4n) is 4.54. The van der Waals surface area contributed by atoms with Crippen LogP contribution in [-0.4, -0.2) is 45.1 Å². The fraction of sp³-hybridized carbons (Fsp3) is 0.333. The van der Waals surface area contributed by atoms with Crippen molar-refractivity contribution < 1.29 is 32.7 Å². The lowest BCUT2D eigenvalue weighted by atomic mass is 9.98. The third-order valence-corrected chi connectivity index (χ3v) is 7.83. The van der Waals surface area contributed by atoms with Crippen molar-refractivity contribution in [2.75, 3.05) is 27.0 Å². The molecule has 0 saturated carbocycles. The zero-order valence-electron chi connectivity index (χ0n) is 22.4. The van der Waals surface area contributed by atoms with E-state index in [1.807, 2.05) is 43.3 Å². The molecule has 1 aliphatic rings. The van der Waals surface area contributed by atoms with Gasteiger partial charge < -0.3 is 23.8 Å². The molecule has 0 bridgehead atoms. The predicted molar refractivity (Wildman–Crippen MR) is 149 cm³/mol.